The number of imidazole rings is 1. The molecule has 0 aliphatic carbocycles. The fraction of sp³-hybridized carbons (Fsp3) is 0.600. The highest BCUT2D eigenvalue weighted by molar-refractivity contribution is 7.91. The van der Waals surface area contributed by atoms with Crippen LogP contribution in [0.3, 0.4) is 0 Å². The Bertz CT molecular complexity index is 682. The molecule has 1 saturated heterocycles. The zero-order valence-electron chi connectivity index (χ0n) is 11.2. The predicted octanol–water partition coefficient (Wildman–Crippen LogP) is -0.594. The van der Waals surface area contributed by atoms with Gasteiger partial charge in [-0.1, -0.05) is 0 Å². The van der Waals surface area contributed by atoms with Crippen LogP contribution in [-0.2, 0) is 21.7 Å². The van der Waals surface area contributed by atoms with E-state index in [9.17, 15) is 23.3 Å². The normalized spacial score (nSPS) is 21.2. The highest BCUT2D eigenvalue weighted by atomic mass is 32.2. The molecule has 1 N–H and O–H groups in total. The smallest absolute Gasteiger partial charge is 0.406 e. The van der Waals surface area contributed by atoms with E-state index in [-0.39, 0.29) is 23.9 Å². The van der Waals surface area contributed by atoms with Gasteiger partial charge in [0.05, 0.1) is 24.0 Å². The SMILES string of the molecule is Cn1cnc([N+](=O)[O-])c1N1CCS(=O)(=O)CC1CC(=O)O. The molecule has 1 aliphatic rings. The Kier molecular flexibility index (Phi) is 3.85. The summed E-state index contributed by atoms with van der Waals surface area (Å²) in [4.78, 5) is 26.4. The minimum atomic E-state index is -3.35. The summed E-state index contributed by atoms with van der Waals surface area (Å²) in [6.45, 7) is 0.000648. The summed E-state index contributed by atoms with van der Waals surface area (Å²) in [7, 11) is -1.81. The Hall–Kier alpha value is -2.17. The Morgan fingerprint density at radius 2 is 2.29 bits per heavy atom. The lowest BCUT2D eigenvalue weighted by Gasteiger charge is -2.35. The van der Waals surface area contributed by atoms with Crippen molar-refractivity contribution >= 4 is 27.4 Å². The maximum Gasteiger partial charge on any atom is 0.406 e. The van der Waals surface area contributed by atoms with E-state index in [0.29, 0.717) is 0 Å². The van der Waals surface area contributed by atoms with Gasteiger partial charge in [0.15, 0.2) is 9.84 Å². The summed E-state index contributed by atoms with van der Waals surface area (Å²) in [5, 5.41) is 19.9. The molecule has 0 bridgehead atoms. The summed E-state index contributed by atoms with van der Waals surface area (Å²) < 4.78 is 24.8. The van der Waals surface area contributed by atoms with Crippen molar-refractivity contribution in [3.63, 3.8) is 0 Å². The third-order valence-corrected chi connectivity index (χ3v) is 4.97. The summed E-state index contributed by atoms with van der Waals surface area (Å²) >= 11 is 0. The molecule has 1 fully saturated rings. The molecule has 1 aliphatic heterocycles. The molecule has 1 unspecified atom stereocenters. The Balaban J connectivity index is 2.43. The van der Waals surface area contributed by atoms with Gasteiger partial charge in [0.1, 0.15) is 0 Å². The van der Waals surface area contributed by atoms with Crippen molar-refractivity contribution in [3.8, 4) is 0 Å². The van der Waals surface area contributed by atoms with Crippen LogP contribution in [0.15, 0.2) is 6.33 Å². The molecular weight excluding hydrogens is 304 g/mol. The molecule has 21 heavy (non-hydrogen) atoms. The number of sulfone groups is 1. The van der Waals surface area contributed by atoms with Crippen LogP contribution in [0.1, 0.15) is 6.42 Å². The molecule has 116 valence electrons. The van der Waals surface area contributed by atoms with Crippen molar-refractivity contribution in [2.24, 2.45) is 7.05 Å². The van der Waals surface area contributed by atoms with Gasteiger partial charge in [0.25, 0.3) is 0 Å². The van der Waals surface area contributed by atoms with Crippen molar-refractivity contribution < 1.29 is 23.2 Å². The van der Waals surface area contributed by atoms with Gasteiger partial charge in [-0.2, -0.15) is 0 Å². The average molecular weight is 318 g/mol. The van der Waals surface area contributed by atoms with Crippen molar-refractivity contribution in [3.05, 3.63) is 16.4 Å². The van der Waals surface area contributed by atoms with Gasteiger partial charge < -0.3 is 20.1 Å². The van der Waals surface area contributed by atoms with Crippen LogP contribution in [0.2, 0.25) is 0 Å². The van der Waals surface area contributed by atoms with Gasteiger partial charge in [0, 0.05) is 13.6 Å². The fourth-order valence-electron chi connectivity index (χ4n) is 2.41. The van der Waals surface area contributed by atoms with Crippen LogP contribution in [0.5, 0.6) is 0 Å². The lowest BCUT2D eigenvalue weighted by Crippen LogP contribution is -2.50. The van der Waals surface area contributed by atoms with Gasteiger partial charge in [-0.25, -0.2) is 8.42 Å². The molecular formula is C10H14N4O6S. The van der Waals surface area contributed by atoms with Crippen LogP contribution in [-0.4, -0.2) is 58.1 Å². The number of hydrogen-bond donors (Lipinski definition) is 1. The monoisotopic (exact) mass is 318 g/mol. The van der Waals surface area contributed by atoms with E-state index in [2.05, 4.69) is 4.98 Å². The molecule has 2 rings (SSSR count). The molecule has 2 heterocycles. The summed E-state index contributed by atoms with van der Waals surface area (Å²) in [5.41, 5.74) is 0. The van der Waals surface area contributed by atoms with Crippen LogP contribution < -0.4 is 4.90 Å². The molecule has 0 aromatic carbocycles. The molecule has 0 saturated carbocycles. The third-order valence-electron chi connectivity index (χ3n) is 3.27. The molecule has 11 heteroatoms. The number of anilines is 1. The molecule has 1 aromatic rings. The van der Waals surface area contributed by atoms with Crippen LogP contribution >= 0.6 is 0 Å². The lowest BCUT2D eigenvalue weighted by molar-refractivity contribution is -0.388. The standard InChI is InChI=1S/C10H14N4O6S/c1-12-6-11-9(14(17)18)10(12)13-2-3-21(19,20)5-7(13)4-8(15)16/h6-7H,2-5H2,1H3,(H,15,16). The molecule has 1 aromatic heterocycles. The van der Waals surface area contributed by atoms with Crippen molar-refractivity contribution in [1.29, 1.82) is 0 Å². The minimum Gasteiger partial charge on any atom is -0.481 e. The first kappa shape index (κ1) is 15.2. The van der Waals surface area contributed by atoms with E-state index >= 15 is 0 Å². The highest BCUT2D eigenvalue weighted by Gasteiger charge is 2.37. The van der Waals surface area contributed by atoms with E-state index in [0.717, 1.165) is 0 Å². The summed E-state index contributed by atoms with van der Waals surface area (Å²) in [5.74, 6) is -1.96. The van der Waals surface area contributed by atoms with Crippen LogP contribution in [0, 0.1) is 10.1 Å². The van der Waals surface area contributed by atoms with Crippen molar-refractivity contribution in [1.82, 2.24) is 9.55 Å². The Morgan fingerprint density at radius 1 is 1.62 bits per heavy atom. The maximum atomic E-state index is 11.7. The number of aliphatic carboxylic acids is 1. The second kappa shape index (κ2) is 5.31. The van der Waals surface area contributed by atoms with E-state index < -0.39 is 39.0 Å². The van der Waals surface area contributed by atoms with Gasteiger partial charge in [-0.05, 0) is 9.91 Å². The number of aryl methyl sites for hydroxylation is 1. The number of aromatic nitrogens is 2. The zero-order valence-corrected chi connectivity index (χ0v) is 12.0. The second-order valence-electron chi connectivity index (χ2n) is 4.82. The van der Waals surface area contributed by atoms with E-state index in [1.807, 2.05) is 0 Å². The van der Waals surface area contributed by atoms with E-state index in [1.54, 1.807) is 0 Å². The molecule has 0 radical (unpaired) electrons. The Labute approximate surface area is 120 Å². The first-order valence-electron chi connectivity index (χ1n) is 6.06. The van der Waals surface area contributed by atoms with Gasteiger partial charge in [-0.15, -0.1) is 0 Å². The number of hydrogen-bond acceptors (Lipinski definition) is 7. The quantitative estimate of drug-likeness (QED) is 0.574. The largest absolute Gasteiger partial charge is 0.481 e. The average Bonchev–Trinajstić information content (AvgIpc) is 2.70. The number of nitro groups is 1. The number of nitrogens with zero attached hydrogens (tertiary/aromatic N) is 4. The zero-order chi connectivity index (χ0) is 15.8. The number of carboxylic acids is 1. The fourth-order valence-corrected chi connectivity index (χ4v) is 3.93. The maximum absolute atomic E-state index is 11.7. The summed E-state index contributed by atoms with van der Waals surface area (Å²) in [6, 6.07) is -0.852. The second-order valence-corrected chi connectivity index (χ2v) is 7.05. The third kappa shape index (κ3) is 3.12. The van der Waals surface area contributed by atoms with Crippen LogP contribution in [0.4, 0.5) is 11.6 Å². The topological polar surface area (TPSA) is 136 Å². The molecule has 0 amide bonds. The first-order chi connectivity index (χ1) is 9.71. The van der Waals surface area contributed by atoms with Crippen molar-refractivity contribution in [2.75, 3.05) is 23.0 Å². The van der Waals surface area contributed by atoms with Crippen molar-refractivity contribution in [2.45, 2.75) is 12.5 Å². The highest BCUT2D eigenvalue weighted by Crippen LogP contribution is 2.30. The van der Waals surface area contributed by atoms with E-state index in [1.165, 1.54) is 22.8 Å². The van der Waals surface area contributed by atoms with E-state index in [4.69, 9.17) is 5.11 Å². The minimum absolute atomic E-state index is 0.000648. The van der Waals surface area contributed by atoms with Gasteiger partial charge in [-0.3, -0.25) is 9.36 Å². The number of carboxylic acid groups (broad SMARTS) is 1. The molecule has 10 nitrogen and oxygen atoms in total. The number of carbonyl (C=O) groups is 1. The lowest BCUT2D eigenvalue weighted by atomic mass is 10.2. The molecule has 0 spiro atoms. The predicted molar refractivity (Wildman–Crippen MR) is 71.9 cm³/mol. The van der Waals surface area contributed by atoms with Gasteiger partial charge >= 0.3 is 11.8 Å². The van der Waals surface area contributed by atoms with Crippen LogP contribution in [0.25, 0.3) is 0 Å². The Morgan fingerprint density at radius 3 is 2.86 bits per heavy atom. The number of rotatable bonds is 4. The van der Waals surface area contributed by atoms with Gasteiger partial charge in [0.2, 0.25) is 12.1 Å². The first-order valence-corrected chi connectivity index (χ1v) is 7.88. The molecule has 1 atom stereocenters. The summed E-state index contributed by atoms with van der Waals surface area (Å²) in [6.07, 6.45) is 0.829.